The Balaban J connectivity index is 2.52. The van der Waals surface area contributed by atoms with Crippen LogP contribution >= 0.6 is 0 Å². The molecule has 0 saturated carbocycles. The topological polar surface area (TPSA) is 75.4 Å². The quantitative estimate of drug-likeness (QED) is 0.711. The van der Waals surface area contributed by atoms with Gasteiger partial charge in [0.25, 0.3) is 0 Å². The Morgan fingerprint density at radius 1 is 1.31 bits per heavy atom. The Labute approximate surface area is 92.7 Å². The number of nitrogens with two attached hydrogens (primary N) is 1. The van der Waals surface area contributed by atoms with Crippen molar-refractivity contribution in [1.29, 1.82) is 0 Å². The summed E-state index contributed by atoms with van der Waals surface area (Å²) in [5.41, 5.74) is 5.89. The molecule has 0 spiro atoms. The van der Waals surface area contributed by atoms with Crippen LogP contribution in [0.2, 0.25) is 0 Å². The van der Waals surface area contributed by atoms with Crippen LogP contribution in [0, 0.1) is 0 Å². The lowest BCUT2D eigenvalue weighted by Gasteiger charge is -2.07. The lowest BCUT2D eigenvalue weighted by Crippen LogP contribution is -2.21. The van der Waals surface area contributed by atoms with Crippen LogP contribution in [0.25, 0.3) is 10.8 Å². The van der Waals surface area contributed by atoms with Gasteiger partial charge in [-0.2, -0.15) is 0 Å². The highest BCUT2D eigenvalue weighted by atomic mass is 16.3. The number of amides is 1. The third kappa shape index (κ3) is 1.97. The van der Waals surface area contributed by atoms with E-state index in [0.29, 0.717) is 5.69 Å². The van der Waals surface area contributed by atoms with Crippen LogP contribution in [-0.2, 0) is 4.79 Å². The number of carbonyl (C=O) groups excluding carboxylic acids is 1. The first-order chi connectivity index (χ1) is 7.70. The summed E-state index contributed by atoms with van der Waals surface area (Å²) in [6, 6.07) is 10.5. The molecule has 0 aromatic heterocycles. The van der Waals surface area contributed by atoms with Gasteiger partial charge in [0.15, 0.2) is 0 Å². The highest BCUT2D eigenvalue weighted by molar-refractivity contribution is 6.03. The van der Waals surface area contributed by atoms with Crippen molar-refractivity contribution in [2.24, 2.45) is 5.73 Å². The molecule has 2 aromatic carbocycles. The van der Waals surface area contributed by atoms with E-state index in [0.717, 1.165) is 10.8 Å². The monoisotopic (exact) mass is 216 g/mol. The van der Waals surface area contributed by atoms with Crippen LogP contribution < -0.4 is 11.1 Å². The molecule has 0 heterocycles. The molecule has 16 heavy (non-hydrogen) atoms. The van der Waals surface area contributed by atoms with Crippen molar-refractivity contribution in [2.75, 3.05) is 11.9 Å². The summed E-state index contributed by atoms with van der Waals surface area (Å²) in [6.45, 7) is -0.0603. The molecular weight excluding hydrogens is 204 g/mol. The van der Waals surface area contributed by atoms with Gasteiger partial charge in [0.2, 0.25) is 5.91 Å². The van der Waals surface area contributed by atoms with Crippen molar-refractivity contribution < 1.29 is 9.90 Å². The molecule has 4 N–H and O–H groups in total. The molecule has 4 heteroatoms. The predicted octanol–water partition coefficient (Wildman–Crippen LogP) is 1.44. The first-order valence-corrected chi connectivity index (χ1v) is 4.92. The van der Waals surface area contributed by atoms with Crippen molar-refractivity contribution >= 4 is 22.4 Å². The van der Waals surface area contributed by atoms with Gasteiger partial charge < -0.3 is 16.2 Å². The summed E-state index contributed by atoms with van der Waals surface area (Å²) in [5, 5.41) is 13.8. The Bertz CT molecular complexity index is 538. The van der Waals surface area contributed by atoms with E-state index in [2.05, 4.69) is 5.32 Å². The maximum absolute atomic E-state index is 11.2. The minimum absolute atomic E-state index is 0.0603. The zero-order valence-corrected chi connectivity index (χ0v) is 8.60. The molecular formula is C12H12N2O2. The molecule has 0 fully saturated rings. The van der Waals surface area contributed by atoms with Gasteiger partial charge in [-0.1, -0.05) is 18.2 Å². The van der Waals surface area contributed by atoms with E-state index >= 15 is 0 Å². The largest absolute Gasteiger partial charge is 0.508 e. The number of aromatic hydroxyl groups is 1. The fraction of sp³-hybridized carbons (Fsp3) is 0.0833. The number of fused-ring (bicyclic) bond motifs is 1. The van der Waals surface area contributed by atoms with Crippen molar-refractivity contribution in [3.05, 3.63) is 36.4 Å². The average molecular weight is 216 g/mol. The van der Waals surface area contributed by atoms with Gasteiger partial charge >= 0.3 is 0 Å². The van der Waals surface area contributed by atoms with E-state index in [1.165, 1.54) is 0 Å². The first-order valence-electron chi connectivity index (χ1n) is 4.92. The molecule has 1 amide bonds. The summed E-state index contributed by atoms with van der Waals surface area (Å²) in [4.78, 5) is 11.2. The van der Waals surface area contributed by atoms with Crippen molar-refractivity contribution in [1.82, 2.24) is 0 Å². The molecule has 0 atom stereocenters. The van der Waals surface area contributed by atoms with E-state index in [4.69, 9.17) is 5.73 Å². The highest BCUT2D eigenvalue weighted by Crippen LogP contribution is 2.26. The van der Waals surface area contributed by atoms with E-state index in [1.54, 1.807) is 24.3 Å². The third-order valence-corrected chi connectivity index (χ3v) is 2.33. The van der Waals surface area contributed by atoms with Crippen molar-refractivity contribution in [2.45, 2.75) is 0 Å². The molecule has 0 unspecified atom stereocenters. The molecule has 2 rings (SSSR count). The molecule has 2 aromatic rings. The summed E-state index contributed by atoms with van der Waals surface area (Å²) in [7, 11) is 0. The van der Waals surface area contributed by atoms with Gasteiger partial charge in [-0.25, -0.2) is 0 Å². The standard InChI is InChI=1S/C12H12N2O2/c13-7-12(16)14-11-3-1-2-8-4-5-9(15)6-10(8)11/h1-6,15H,7,13H2,(H,14,16). The summed E-state index contributed by atoms with van der Waals surface area (Å²) in [6.07, 6.45) is 0. The Morgan fingerprint density at radius 2 is 2.12 bits per heavy atom. The SMILES string of the molecule is NCC(=O)Nc1cccc2ccc(O)cc12. The number of carbonyl (C=O) groups is 1. The number of phenols is 1. The van der Waals surface area contributed by atoms with E-state index in [1.807, 2.05) is 12.1 Å². The molecule has 0 aliphatic rings. The molecule has 0 bridgehead atoms. The lowest BCUT2D eigenvalue weighted by molar-refractivity contribution is -0.114. The number of phenolic OH excluding ortho intramolecular Hbond substituents is 1. The number of anilines is 1. The van der Waals surface area contributed by atoms with Gasteiger partial charge in [0.05, 0.1) is 6.54 Å². The summed E-state index contributed by atoms with van der Waals surface area (Å²) in [5.74, 6) is -0.0854. The Hall–Kier alpha value is -2.07. The van der Waals surface area contributed by atoms with Gasteiger partial charge in [-0.05, 0) is 23.6 Å². The molecule has 4 nitrogen and oxygen atoms in total. The van der Waals surface area contributed by atoms with Crippen LogP contribution in [0.15, 0.2) is 36.4 Å². The number of hydrogen-bond acceptors (Lipinski definition) is 3. The van der Waals surface area contributed by atoms with Crippen LogP contribution in [0.1, 0.15) is 0 Å². The summed E-state index contributed by atoms with van der Waals surface area (Å²) >= 11 is 0. The lowest BCUT2D eigenvalue weighted by atomic mass is 10.1. The molecule has 0 radical (unpaired) electrons. The van der Waals surface area contributed by atoms with Gasteiger partial charge in [0.1, 0.15) is 5.75 Å². The minimum Gasteiger partial charge on any atom is -0.508 e. The zero-order chi connectivity index (χ0) is 11.5. The first kappa shape index (κ1) is 10.4. The van der Waals surface area contributed by atoms with E-state index in [-0.39, 0.29) is 18.2 Å². The van der Waals surface area contributed by atoms with Crippen molar-refractivity contribution in [3.63, 3.8) is 0 Å². The van der Waals surface area contributed by atoms with Gasteiger partial charge in [-0.15, -0.1) is 0 Å². The third-order valence-electron chi connectivity index (χ3n) is 2.33. The number of hydrogen-bond donors (Lipinski definition) is 3. The predicted molar refractivity (Wildman–Crippen MR) is 63.3 cm³/mol. The van der Waals surface area contributed by atoms with E-state index < -0.39 is 0 Å². The van der Waals surface area contributed by atoms with Crippen LogP contribution in [0.5, 0.6) is 5.75 Å². The fourth-order valence-corrected chi connectivity index (χ4v) is 1.57. The maximum Gasteiger partial charge on any atom is 0.238 e. The number of nitrogens with one attached hydrogen (secondary N) is 1. The van der Waals surface area contributed by atoms with Crippen LogP contribution in [0.3, 0.4) is 0 Å². The second-order valence-electron chi connectivity index (χ2n) is 3.46. The number of benzene rings is 2. The average Bonchev–Trinajstić information content (AvgIpc) is 2.29. The second kappa shape index (κ2) is 4.20. The minimum atomic E-state index is -0.254. The highest BCUT2D eigenvalue weighted by Gasteiger charge is 2.04. The number of rotatable bonds is 2. The maximum atomic E-state index is 11.2. The molecule has 0 aliphatic heterocycles. The van der Waals surface area contributed by atoms with Crippen molar-refractivity contribution in [3.8, 4) is 5.75 Å². The molecule has 82 valence electrons. The fourth-order valence-electron chi connectivity index (χ4n) is 1.57. The van der Waals surface area contributed by atoms with Gasteiger partial charge in [0, 0.05) is 11.1 Å². The molecule has 0 aliphatic carbocycles. The summed E-state index contributed by atoms with van der Waals surface area (Å²) < 4.78 is 0. The van der Waals surface area contributed by atoms with Gasteiger partial charge in [-0.3, -0.25) is 4.79 Å². The normalized spacial score (nSPS) is 10.3. The second-order valence-corrected chi connectivity index (χ2v) is 3.46. The smallest absolute Gasteiger partial charge is 0.238 e. The Kier molecular flexibility index (Phi) is 2.74. The van der Waals surface area contributed by atoms with Crippen LogP contribution in [-0.4, -0.2) is 17.6 Å². The zero-order valence-electron chi connectivity index (χ0n) is 8.60. The van der Waals surface area contributed by atoms with E-state index in [9.17, 15) is 9.90 Å². The van der Waals surface area contributed by atoms with Crippen LogP contribution in [0.4, 0.5) is 5.69 Å². The molecule has 0 saturated heterocycles. The Morgan fingerprint density at radius 3 is 2.88 bits per heavy atom.